The third-order valence-corrected chi connectivity index (χ3v) is 3.87. The van der Waals surface area contributed by atoms with Crippen molar-refractivity contribution in [1.82, 2.24) is 4.90 Å². The molecule has 1 amide bonds. The summed E-state index contributed by atoms with van der Waals surface area (Å²) in [5.41, 5.74) is 0.0768. The predicted octanol–water partition coefficient (Wildman–Crippen LogP) is 2.32. The minimum Gasteiger partial charge on any atom is -0.507 e. The van der Waals surface area contributed by atoms with E-state index in [1.807, 2.05) is 24.3 Å². The van der Waals surface area contributed by atoms with E-state index in [0.29, 0.717) is 0 Å². The van der Waals surface area contributed by atoms with E-state index in [1.54, 1.807) is 11.0 Å². The van der Waals surface area contributed by atoms with Gasteiger partial charge in [-0.25, -0.2) is 4.79 Å². The van der Waals surface area contributed by atoms with Gasteiger partial charge >= 0.3 is 5.97 Å². The molecule has 2 aromatic carbocycles. The molecule has 0 radical (unpaired) electrons. The number of nitrogens with zero attached hydrogens (tertiary/aromatic N) is 1. The fourth-order valence-electron chi connectivity index (χ4n) is 2.65. The number of esters is 1. The SMILES string of the molecule is O=C(OCC(=O)N1CCCC1)c1cc2ccccc2cc1O. The van der Waals surface area contributed by atoms with Gasteiger partial charge in [-0.1, -0.05) is 24.3 Å². The van der Waals surface area contributed by atoms with E-state index in [0.717, 1.165) is 36.7 Å². The molecule has 5 nitrogen and oxygen atoms in total. The first-order valence-electron chi connectivity index (χ1n) is 7.32. The van der Waals surface area contributed by atoms with E-state index in [1.165, 1.54) is 6.07 Å². The maximum Gasteiger partial charge on any atom is 0.342 e. The number of aromatic hydroxyl groups is 1. The molecule has 0 unspecified atom stereocenters. The highest BCUT2D eigenvalue weighted by Crippen LogP contribution is 2.25. The number of hydrogen-bond donors (Lipinski definition) is 1. The minimum absolute atomic E-state index is 0.0768. The van der Waals surface area contributed by atoms with Crippen molar-refractivity contribution in [3.63, 3.8) is 0 Å². The summed E-state index contributed by atoms with van der Waals surface area (Å²) < 4.78 is 5.04. The maximum atomic E-state index is 12.1. The van der Waals surface area contributed by atoms with Gasteiger partial charge in [-0.2, -0.15) is 0 Å². The standard InChI is InChI=1S/C17H17NO4/c19-15-10-13-6-2-1-5-12(13)9-14(15)17(21)22-11-16(20)18-7-3-4-8-18/h1-2,5-6,9-10,19H,3-4,7-8,11H2. The molecule has 1 aliphatic heterocycles. The quantitative estimate of drug-likeness (QED) is 0.883. The van der Waals surface area contributed by atoms with Crippen LogP contribution in [0.3, 0.4) is 0 Å². The number of phenolic OH excluding ortho intramolecular Hbond substituents is 1. The van der Waals surface area contributed by atoms with Crippen LogP contribution >= 0.6 is 0 Å². The predicted molar refractivity (Wildman–Crippen MR) is 81.7 cm³/mol. The van der Waals surface area contributed by atoms with Crippen molar-refractivity contribution in [1.29, 1.82) is 0 Å². The third kappa shape index (κ3) is 2.88. The van der Waals surface area contributed by atoms with E-state index in [2.05, 4.69) is 0 Å². The minimum atomic E-state index is -0.684. The lowest BCUT2D eigenvalue weighted by Gasteiger charge is -2.15. The molecule has 0 aliphatic carbocycles. The Hall–Kier alpha value is -2.56. The molecule has 0 atom stereocenters. The second-order valence-electron chi connectivity index (χ2n) is 5.38. The van der Waals surface area contributed by atoms with E-state index >= 15 is 0 Å². The Labute approximate surface area is 128 Å². The zero-order chi connectivity index (χ0) is 15.5. The molecule has 5 heteroatoms. The van der Waals surface area contributed by atoms with Crippen LogP contribution in [0.1, 0.15) is 23.2 Å². The van der Waals surface area contributed by atoms with Crippen LogP contribution in [-0.2, 0) is 9.53 Å². The molecule has 1 aliphatic rings. The first-order chi connectivity index (χ1) is 10.6. The van der Waals surface area contributed by atoms with Gasteiger partial charge in [0.05, 0.1) is 0 Å². The van der Waals surface area contributed by atoms with Gasteiger partial charge in [-0.15, -0.1) is 0 Å². The second kappa shape index (κ2) is 6.05. The Bertz CT molecular complexity index is 720. The Kier molecular flexibility index (Phi) is 3.96. The van der Waals surface area contributed by atoms with Gasteiger partial charge in [0.1, 0.15) is 11.3 Å². The summed E-state index contributed by atoms with van der Waals surface area (Å²) in [6, 6.07) is 10.5. The summed E-state index contributed by atoms with van der Waals surface area (Å²) in [5.74, 6) is -1.01. The van der Waals surface area contributed by atoms with E-state index in [9.17, 15) is 14.7 Å². The first kappa shape index (κ1) is 14.4. The number of fused-ring (bicyclic) bond motifs is 1. The Balaban J connectivity index is 1.71. The number of ether oxygens (including phenoxy) is 1. The number of carbonyl (C=O) groups excluding carboxylic acids is 2. The van der Waals surface area contributed by atoms with Crippen LogP contribution in [0.15, 0.2) is 36.4 Å². The van der Waals surface area contributed by atoms with Crippen molar-refractivity contribution in [2.75, 3.05) is 19.7 Å². The lowest BCUT2D eigenvalue weighted by atomic mass is 10.1. The zero-order valence-electron chi connectivity index (χ0n) is 12.1. The topological polar surface area (TPSA) is 66.8 Å². The number of hydrogen-bond acceptors (Lipinski definition) is 4. The number of benzene rings is 2. The van der Waals surface area contributed by atoms with Crippen LogP contribution < -0.4 is 0 Å². The summed E-state index contributed by atoms with van der Waals surface area (Å²) in [4.78, 5) is 25.6. The van der Waals surface area contributed by atoms with Crippen LogP contribution in [0.5, 0.6) is 5.75 Å². The lowest BCUT2D eigenvalue weighted by molar-refractivity contribution is -0.133. The van der Waals surface area contributed by atoms with Crippen LogP contribution in [-0.4, -0.2) is 41.6 Å². The fraction of sp³-hybridized carbons (Fsp3) is 0.294. The lowest BCUT2D eigenvalue weighted by Crippen LogP contribution is -2.32. The Morgan fingerprint density at radius 1 is 1.09 bits per heavy atom. The van der Waals surface area contributed by atoms with Gasteiger partial charge in [-0.05, 0) is 35.7 Å². The fourth-order valence-corrected chi connectivity index (χ4v) is 2.65. The monoisotopic (exact) mass is 299 g/mol. The maximum absolute atomic E-state index is 12.1. The molecule has 1 fully saturated rings. The van der Waals surface area contributed by atoms with Gasteiger partial charge in [0.2, 0.25) is 0 Å². The van der Waals surface area contributed by atoms with E-state index < -0.39 is 5.97 Å². The highest BCUT2D eigenvalue weighted by molar-refractivity contribution is 5.99. The van der Waals surface area contributed by atoms with Gasteiger partial charge in [0.25, 0.3) is 5.91 Å². The Morgan fingerprint density at radius 3 is 2.41 bits per heavy atom. The van der Waals surface area contributed by atoms with Crippen LogP contribution in [0.4, 0.5) is 0 Å². The van der Waals surface area contributed by atoms with Crippen molar-refractivity contribution in [3.05, 3.63) is 42.0 Å². The number of amides is 1. The van der Waals surface area contributed by atoms with Crippen molar-refractivity contribution < 1.29 is 19.4 Å². The molecular formula is C17H17NO4. The number of carbonyl (C=O) groups is 2. The van der Waals surface area contributed by atoms with Crippen molar-refractivity contribution >= 4 is 22.6 Å². The molecule has 0 spiro atoms. The normalized spacial score (nSPS) is 14.3. The smallest absolute Gasteiger partial charge is 0.342 e. The highest BCUT2D eigenvalue weighted by atomic mass is 16.5. The van der Waals surface area contributed by atoms with Crippen LogP contribution in [0.25, 0.3) is 10.8 Å². The molecule has 114 valence electrons. The Morgan fingerprint density at radius 2 is 1.73 bits per heavy atom. The number of likely N-dealkylation sites (tertiary alicyclic amines) is 1. The molecule has 3 rings (SSSR count). The first-order valence-corrected chi connectivity index (χ1v) is 7.32. The summed E-state index contributed by atoms with van der Waals surface area (Å²) in [6.07, 6.45) is 1.98. The van der Waals surface area contributed by atoms with E-state index in [4.69, 9.17) is 4.74 Å². The highest BCUT2D eigenvalue weighted by Gasteiger charge is 2.20. The largest absolute Gasteiger partial charge is 0.507 e. The van der Waals surface area contributed by atoms with Gasteiger partial charge in [-0.3, -0.25) is 4.79 Å². The van der Waals surface area contributed by atoms with Crippen molar-refractivity contribution in [2.24, 2.45) is 0 Å². The molecule has 1 heterocycles. The van der Waals surface area contributed by atoms with Crippen LogP contribution in [0.2, 0.25) is 0 Å². The van der Waals surface area contributed by atoms with Crippen LogP contribution in [0, 0.1) is 0 Å². The van der Waals surface area contributed by atoms with Crippen molar-refractivity contribution in [3.8, 4) is 5.75 Å². The molecule has 1 saturated heterocycles. The molecule has 22 heavy (non-hydrogen) atoms. The average molecular weight is 299 g/mol. The molecule has 0 aromatic heterocycles. The number of rotatable bonds is 3. The summed E-state index contributed by atoms with van der Waals surface area (Å²) in [7, 11) is 0. The molecular weight excluding hydrogens is 282 g/mol. The third-order valence-electron chi connectivity index (χ3n) is 3.87. The number of phenols is 1. The second-order valence-corrected chi connectivity index (χ2v) is 5.38. The molecule has 2 aromatic rings. The molecule has 0 bridgehead atoms. The van der Waals surface area contributed by atoms with E-state index in [-0.39, 0.29) is 23.8 Å². The zero-order valence-corrected chi connectivity index (χ0v) is 12.1. The van der Waals surface area contributed by atoms with Gasteiger partial charge in [0.15, 0.2) is 6.61 Å². The van der Waals surface area contributed by atoms with Gasteiger partial charge < -0.3 is 14.7 Å². The summed E-state index contributed by atoms with van der Waals surface area (Å²) in [6.45, 7) is 1.15. The average Bonchev–Trinajstić information content (AvgIpc) is 3.06. The van der Waals surface area contributed by atoms with Crippen molar-refractivity contribution in [2.45, 2.75) is 12.8 Å². The summed E-state index contributed by atoms with van der Waals surface area (Å²) in [5, 5.41) is 11.6. The molecule has 1 N–H and O–H groups in total. The molecule has 0 saturated carbocycles. The summed E-state index contributed by atoms with van der Waals surface area (Å²) >= 11 is 0. The van der Waals surface area contributed by atoms with Gasteiger partial charge in [0, 0.05) is 13.1 Å².